The highest BCUT2D eigenvalue weighted by Crippen LogP contribution is 2.20. The predicted molar refractivity (Wildman–Crippen MR) is 57.0 cm³/mol. The summed E-state index contributed by atoms with van der Waals surface area (Å²) in [5, 5.41) is 1.94. The van der Waals surface area contributed by atoms with Gasteiger partial charge in [-0.25, -0.2) is 0 Å². The van der Waals surface area contributed by atoms with Crippen LogP contribution in [0.4, 0.5) is 0 Å². The van der Waals surface area contributed by atoms with Crippen molar-refractivity contribution in [2.24, 2.45) is 0 Å². The van der Waals surface area contributed by atoms with Crippen molar-refractivity contribution in [1.29, 1.82) is 0 Å². The Hall–Kier alpha value is -0.670. The van der Waals surface area contributed by atoms with Crippen molar-refractivity contribution in [1.82, 2.24) is 0 Å². The van der Waals surface area contributed by atoms with Crippen LogP contribution < -0.4 is 0 Å². The van der Waals surface area contributed by atoms with Gasteiger partial charge in [-0.05, 0) is 25.8 Å². The maximum absolute atomic E-state index is 11.7. The van der Waals surface area contributed by atoms with E-state index < -0.39 is 0 Å². The highest BCUT2D eigenvalue weighted by Gasteiger charge is 2.20. The van der Waals surface area contributed by atoms with Gasteiger partial charge in [0.15, 0.2) is 5.78 Å². The first-order valence-electron chi connectivity index (χ1n) is 4.95. The van der Waals surface area contributed by atoms with Crippen LogP contribution in [0.2, 0.25) is 0 Å². The van der Waals surface area contributed by atoms with Gasteiger partial charge in [0.2, 0.25) is 0 Å². The quantitative estimate of drug-likeness (QED) is 0.717. The summed E-state index contributed by atoms with van der Waals surface area (Å²) in [6.45, 7) is 2.84. The highest BCUT2D eigenvalue weighted by molar-refractivity contribution is 7.10. The van der Waals surface area contributed by atoms with E-state index in [0.29, 0.717) is 6.42 Å². The van der Waals surface area contributed by atoms with E-state index in [4.69, 9.17) is 4.74 Å². The zero-order valence-electron chi connectivity index (χ0n) is 8.29. The molecule has 0 saturated carbocycles. The van der Waals surface area contributed by atoms with Crippen LogP contribution in [0.1, 0.15) is 34.5 Å². The second kappa shape index (κ2) is 4.24. The lowest BCUT2D eigenvalue weighted by Crippen LogP contribution is -2.11. The molecule has 76 valence electrons. The number of rotatable bonds is 3. The summed E-state index contributed by atoms with van der Waals surface area (Å²) in [6.07, 6.45) is 2.86. The second-order valence-corrected chi connectivity index (χ2v) is 4.82. The summed E-state index contributed by atoms with van der Waals surface area (Å²) in [4.78, 5) is 12.9. The van der Waals surface area contributed by atoms with Crippen molar-refractivity contribution in [3.05, 3.63) is 21.9 Å². The van der Waals surface area contributed by atoms with Crippen LogP contribution >= 0.6 is 11.3 Å². The third-order valence-electron chi connectivity index (χ3n) is 2.49. The molecule has 2 rings (SSSR count). The topological polar surface area (TPSA) is 26.3 Å². The van der Waals surface area contributed by atoms with Gasteiger partial charge >= 0.3 is 0 Å². The molecule has 1 aliphatic heterocycles. The van der Waals surface area contributed by atoms with Crippen LogP contribution in [0.15, 0.2) is 11.4 Å². The van der Waals surface area contributed by atoms with Crippen molar-refractivity contribution in [2.45, 2.75) is 32.3 Å². The molecule has 1 fully saturated rings. The van der Waals surface area contributed by atoms with E-state index in [-0.39, 0.29) is 11.9 Å². The van der Waals surface area contributed by atoms with Crippen LogP contribution in [-0.2, 0) is 4.74 Å². The van der Waals surface area contributed by atoms with Gasteiger partial charge in [-0.15, -0.1) is 11.3 Å². The lowest BCUT2D eigenvalue weighted by atomic mass is 10.1. The number of ether oxygens (including phenoxy) is 1. The van der Waals surface area contributed by atoms with E-state index in [9.17, 15) is 4.79 Å². The lowest BCUT2D eigenvalue weighted by Gasteiger charge is -2.06. The Bertz CT molecular complexity index is 324. The first-order chi connectivity index (χ1) is 6.75. The molecule has 1 atom stereocenters. The van der Waals surface area contributed by atoms with E-state index >= 15 is 0 Å². The van der Waals surface area contributed by atoms with Crippen molar-refractivity contribution in [2.75, 3.05) is 6.61 Å². The normalized spacial score (nSPS) is 21.4. The fourth-order valence-electron chi connectivity index (χ4n) is 1.72. The fourth-order valence-corrected chi connectivity index (χ4v) is 2.43. The van der Waals surface area contributed by atoms with Gasteiger partial charge in [0, 0.05) is 28.8 Å². The number of Topliss-reactive ketones (excluding diaryl/α,β-unsaturated/α-hetero) is 1. The fraction of sp³-hybridized carbons (Fsp3) is 0.545. The maximum atomic E-state index is 11.7. The van der Waals surface area contributed by atoms with E-state index in [2.05, 4.69) is 0 Å². The van der Waals surface area contributed by atoms with Gasteiger partial charge in [-0.1, -0.05) is 0 Å². The molecule has 0 aromatic carbocycles. The van der Waals surface area contributed by atoms with Crippen molar-refractivity contribution in [3.63, 3.8) is 0 Å². The zero-order valence-corrected chi connectivity index (χ0v) is 9.10. The number of ketones is 1. The van der Waals surface area contributed by atoms with Crippen LogP contribution in [0, 0.1) is 6.92 Å². The van der Waals surface area contributed by atoms with Crippen LogP contribution in [0.5, 0.6) is 0 Å². The molecular formula is C11H14O2S. The Balaban J connectivity index is 1.95. The van der Waals surface area contributed by atoms with Gasteiger partial charge in [0.25, 0.3) is 0 Å². The van der Waals surface area contributed by atoms with E-state index in [1.165, 1.54) is 4.88 Å². The molecule has 1 aromatic heterocycles. The average molecular weight is 210 g/mol. The Morgan fingerprint density at radius 2 is 2.57 bits per heavy atom. The lowest BCUT2D eigenvalue weighted by molar-refractivity contribution is 0.0776. The van der Waals surface area contributed by atoms with Gasteiger partial charge in [0.1, 0.15) is 0 Å². The van der Waals surface area contributed by atoms with Crippen LogP contribution in [0.25, 0.3) is 0 Å². The zero-order chi connectivity index (χ0) is 9.97. The van der Waals surface area contributed by atoms with Crippen LogP contribution in [-0.4, -0.2) is 18.5 Å². The number of carbonyl (C=O) groups excluding carboxylic acids is 1. The minimum absolute atomic E-state index is 0.169. The summed E-state index contributed by atoms with van der Waals surface area (Å²) < 4.78 is 5.43. The molecule has 0 radical (unpaired) electrons. The summed E-state index contributed by atoms with van der Waals surface area (Å²) >= 11 is 1.63. The third-order valence-corrected chi connectivity index (χ3v) is 3.35. The molecule has 0 bridgehead atoms. The number of thiophene rings is 1. The second-order valence-electron chi connectivity index (χ2n) is 3.71. The molecule has 1 saturated heterocycles. The standard InChI is InChI=1S/C11H14O2S/c1-8-5-9(7-14-8)11(12)6-10-3-2-4-13-10/h5,7,10H,2-4,6H2,1H3. The number of hydrogen-bond acceptors (Lipinski definition) is 3. The molecule has 1 aliphatic rings. The first-order valence-corrected chi connectivity index (χ1v) is 5.83. The minimum atomic E-state index is 0.169. The molecule has 1 unspecified atom stereocenters. The molecule has 0 N–H and O–H groups in total. The molecule has 3 heteroatoms. The minimum Gasteiger partial charge on any atom is -0.378 e. The van der Waals surface area contributed by atoms with E-state index in [1.54, 1.807) is 11.3 Å². The monoisotopic (exact) mass is 210 g/mol. The third kappa shape index (κ3) is 2.22. The summed E-state index contributed by atoms with van der Waals surface area (Å²) in [7, 11) is 0. The van der Waals surface area contributed by atoms with E-state index in [1.807, 2.05) is 18.4 Å². The molecule has 0 spiro atoms. The molecule has 0 amide bonds. The molecule has 14 heavy (non-hydrogen) atoms. The smallest absolute Gasteiger partial charge is 0.166 e. The summed E-state index contributed by atoms with van der Waals surface area (Å²) in [5.41, 5.74) is 0.850. The Morgan fingerprint density at radius 1 is 1.71 bits per heavy atom. The molecule has 2 heterocycles. The predicted octanol–water partition coefficient (Wildman–Crippen LogP) is 2.81. The molecule has 2 nitrogen and oxygen atoms in total. The van der Waals surface area contributed by atoms with E-state index in [0.717, 1.165) is 25.0 Å². The molecule has 1 aromatic rings. The number of carbonyl (C=O) groups is 1. The number of hydrogen-bond donors (Lipinski definition) is 0. The first kappa shape index (κ1) is 9.87. The van der Waals surface area contributed by atoms with Gasteiger partial charge in [-0.3, -0.25) is 4.79 Å². The summed E-state index contributed by atoms with van der Waals surface area (Å²) in [5.74, 6) is 0.223. The summed E-state index contributed by atoms with van der Waals surface area (Å²) in [6, 6.07) is 1.96. The Kier molecular flexibility index (Phi) is 2.99. The average Bonchev–Trinajstić information content (AvgIpc) is 2.75. The van der Waals surface area contributed by atoms with Crippen molar-refractivity contribution < 1.29 is 9.53 Å². The SMILES string of the molecule is Cc1cc(C(=O)CC2CCCO2)cs1. The van der Waals surface area contributed by atoms with Crippen molar-refractivity contribution in [3.8, 4) is 0 Å². The molecule has 0 aliphatic carbocycles. The van der Waals surface area contributed by atoms with Crippen LogP contribution in [0.3, 0.4) is 0 Å². The number of aryl methyl sites for hydroxylation is 1. The highest BCUT2D eigenvalue weighted by atomic mass is 32.1. The van der Waals surface area contributed by atoms with Gasteiger partial charge in [-0.2, -0.15) is 0 Å². The largest absolute Gasteiger partial charge is 0.378 e. The molecular weight excluding hydrogens is 196 g/mol. The maximum Gasteiger partial charge on any atom is 0.166 e. The van der Waals surface area contributed by atoms with Crippen molar-refractivity contribution >= 4 is 17.1 Å². The Labute approximate surface area is 87.9 Å². The van der Waals surface area contributed by atoms with Gasteiger partial charge in [0.05, 0.1) is 6.10 Å². The van der Waals surface area contributed by atoms with Gasteiger partial charge < -0.3 is 4.74 Å². The Morgan fingerprint density at radius 3 is 3.14 bits per heavy atom.